The number of hydroxylamine groups is 2. The lowest BCUT2D eigenvalue weighted by Crippen LogP contribution is -2.31. The molecule has 1 aromatic heterocycles. The van der Waals surface area contributed by atoms with Crippen molar-refractivity contribution in [2.45, 2.75) is 26.1 Å². The van der Waals surface area contributed by atoms with Crippen molar-refractivity contribution < 1.29 is 32.1 Å². The number of aromatic nitrogens is 2. The first-order valence-corrected chi connectivity index (χ1v) is 7.70. The van der Waals surface area contributed by atoms with Crippen LogP contribution >= 0.6 is 0 Å². The van der Waals surface area contributed by atoms with Crippen LogP contribution in [0.4, 0.5) is 13.2 Å². The highest BCUT2D eigenvalue weighted by molar-refractivity contribution is 5.96. The maximum absolute atomic E-state index is 12.5. The lowest BCUT2D eigenvalue weighted by atomic mass is 10.1. The number of halogens is 3. The van der Waals surface area contributed by atoms with E-state index in [2.05, 4.69) is 14.7 Å². The second kappa shape index (κ2) is 8.12. The fraction of sp³-hybridized carbons (Fsp3) is 0.294. The summed E-state index contributed by atoms with van der Waals surface area (Å²) in [6.07, 6.45) is -2.50. The van der Waals surface area contributed by atoms with Gasteiger partial charge in [0.15, 0.2) is 5.78 Å². The third-order valence-electron chi connectivity index (χ3n) is 3.55. The predicted octanol–water partition coefficient (Wildman–Crippen LogP) is 3.35. The summed E-state index contributed by atoms with van der Waals surface area (Å²) in [6, 6.07) is 5.67. The number of nitrogens with zero attached hydrogens (tertiary/aromatic N) is 3. The number of alkyl halides is 3. The number of rotatable bonds is 6. The zero-order chi connectivity index (χ0) is 20.2. The molecule has 0 bridgehead atoms. The summed E-state index contributed by atoms with van der Waals surface area (Å²) in [5.74, 6) is -2.44. The summed E-state index contributed by atoms with van der Waals surface area (Å²) >= 11 is 0. The van der Waals surface area contributed by atoms with Crippen LogP contribution in [0.15, 0.2) is 40.9 Å². The summed E-state index contributed by atoms with van der Waals surface area (Å²) in [5.41, 5.74) is 0.960. The van der Waals surface area contributed by atoms with Gasteiger partial charge in [0.1, 0.15) is 0 Å². The van der Waals surface area contributed by atoms with Crippen molar-refractivity contribution in [2.75, 3.05) is 7.11 Å². The number of amides is 1. The topological polar surface area (TPSA) is 85.5 Å². The van der Waals surface area contributed by atoms with E-state index in [1.807, 2.05) is 0 Å². The van der Waals surface area contributed by atoms with Gasteiger partial charge in [-0.25, -0.2) is 5.06 Å². The van der Waals surface area contributed by atoms with E-state index in [0.717, 1.165) is 17.2 Å². The molecular weight excluding hydrogens is 367 g/mol. The van der Waals surface area contributed by atoms with Gasteiger partial charge in [-0.3, -0.25) is 14.4 Å². The van der Waals surface area contributed by atoms with Crippen molar-refractivity contribution >= 4 is 11.7 Å². The minimum atomic E-state index is -4.72. The average Bonchev–Trinajstić information content (AvgIpc) is 3.11. The van der Waals surface area contributed by atoms with E-state index < -0.39 is 24.0 Å². The lowest BCUT2D eigenvalue weighted by molar-refractivity contribution is -0.182. The third-order valence-corrected chi connectivity index (χ3v) is 3.55. The monoisotopic (exact) mass is 383 g/mol. The molecule has 0 aliphatic carbocycles. The molecule has 0 spiro atoms. The fourth-order valence-electron chi connectivity index (χ4n) is 2.20. The molecule has 0 fully saturated rings. The van der Waals surface area contributed by atoms with Gasteiger partial charge in [0, 0.05) is 11.6 Å². The first-order valence-electron chi connectivity index (χ1n) is 7.70. The molecule has 144 valence electrons. The Morgan fingerprint density at radius 2 is 1.85 bits per heavy atom. The highest BCUT2D eigenvalue weighted by atomic mass is 19.4. The molecule has 2 aromatic rings. The van der Waals surface area contributed by atoms with Crippen LogP contribution in [0.3, 0.4) is 0 Å². The zero-order valence-corrected chi connectivity index (χ0v) is 14.6. The van der Waals surface area contributed by atoms with Gasteiger partial charge in [0.2, 0.25) is 5.82 Å². The molecule has 1 unspecified atom stereocenters. The Kier molecular flexibility index (Phi) is 6.11. The number of hydrogen-bond donors (Lipinski definition) is 0. The Morgan fingerprint density at radius 3 is 2.33 bits per heavy atom. The minimum Gasteiger partial charge on any atom is -0.329 e. The van der Waals surface area contributed by atoms with Gasteiger partial charge in [-0.15, -0.1) is 0 Å². The molecule has 1 atom stereocenters. The van der Waals surface area contributed by atoms with Crippen molar-refractivity contribution in [3.63, 3.8) is 0 Å². The number of hydrogen-bond acceptors (Lipinski definition) is 6. The second-order valence-corrected chi connectivity index (χ2v) is 5.51. The summed E-state index contributed by atoms with van der Waals surface area (Å²) in [6.45, 7) is 3.00. The Hall–Kier alpha value is -3.01. The number of carbonyl (C=O) groups excluding carboxylic acids is 2. The minimum absolute atomic E-state index is 0.203. The molecule has 0 N–H and O–H groups in total. The van der Waals surface area contributed by atoms with Crippen molar-refractivity contribution in [1.82, 2.24) is 15.2 Å². The number of allylic oxidation sites excluding steroid dienone is 1. The number of ketones is 1. The van der Waals surface area contributed by atoms with Crippen molar-refractivity contribution in [3.05, 3.63) is 47.9 Å². The third kappa shape index (κ3) is 5.00. The molecule has 0 saturated heterocycles. The Balaban J connectivity index is 2.19. The van der Waals surface area contributed by atoms with Gasteiger partial charge in [-0.1, -0.05) is 29.4 Å². The molecule has 0 aliphatic rings. The lowest BCUT2D eigenvalue weighted by Gasteiger charge is -2.25. The fourth-order valence-corrected chi connectivity index (χ4v) is 2.20. The molecule has 2 rings (SSSR count). The Bertz CT molecular complexity index is 844. The summed E-state index contributed by atoms with van der Waals surface area (Å²) in [5, 5.41) is 4.37. The summed E-state index contributed by atoms with van der Waals surface area (Å²) in [7, 11) is 1.31. The van der Waals surface area contributed by atoms with E-state index in [1.165, 1.54) is 26.2 Å². The van der Waals surface area contributed by atoms with E-state index in [1.54, 1.807) is 19.1 Å². The molecule has 1 heterocycles. The van der Waals surface area contributed by atoms with E-state index in [0.29, 0.717) is 11.1 Å². The molecule has 1 aromatic carbocycles. The quantitative estimate of drug-likeness (QED) is 0.562. The largest absolute Gasteiger partial charge is 0.471 e. The van der Waals surface area contributed by atoms with Gasteiger partial charge in [0.25, 0.3) is 5.91 Å². The van der Waals surface area contributed by atoms with E-state index in [9.17, 15) is 22.8 Å². The predicted molar refractivity (Wildman–Crippen MR) is 86.8 cm³/mol. The molecule has 10 heteroatoms. The van der Waals surface area contributed by atoms with Crippen LogP contribution in [0.2, 0.25) is 0 Å². The molecule has 7 nitrogen and oxygen atoms in total. The van der Waals surface area contributed by atoms with E-state index >= 15 is 0 Å². The molecular formula is C17H16F3N3O4. The van der Waals surface area contributed by atoms with Gasteiger partial charge >= 0.3 is 12.1 Å². The van der Waals surface area contributed by atoms with Crippen LogP contribution in [0.5, 0.6) is 0 Å². The standard InChI is InChI=1S/C17H16F3N3O4/c1-10(24)4-9-14(25)23(26-3)11(2)12-5-7-13(8-6-12)15-21-16(27-22-15)17(18,19)20/h4-9,11H,1-3H3/b9-4+. The maximum atomic E-state index is 12.5. The van der Waals surface area contributed by atoms with Gasteiger partial charge < -0.3 is 4.52 Å². The molecule has 0 saturated carbocycles. The summed E-state index contributed by atoms with van der Waals surface area (Å²) < 4.78 is 41.8. The Labute approximate surface area is 152 Å². The van der Waals surface area contributed by atoms with Crippen molar-refractivity contribution in [3.8, 4) is 11.4 Å². The zero-order valence-electron chi connectivity index (χ0n) is 14.6. The first kappa shape index (κ1) is 20.3. The van der Waals surface area contributed by atoms with Crippen LogP contribution in [-0.2, 0) is 20.6 Å². The number of carbonyl (C=O) groups is 2. The van der Waals surface area contributed by atoms with Crippen LogP contribution < -0.4 is 0 Å². The van der Waals surface area contributed by atoms with E-state index in [4.69, 9.17) is 4.84 Å². The highest BCUT2D eigenvalue weighted by Gasteiger charge is 2.38. The van der Waals surface area contributed by atoms with Crippen LogP contribution in [-0.4, -0.2) is 34.0 Å². The maximum Gasteiger partial charge on any atom is 0.471 e. The normalized spacial score (nSPS) is 13.0. The Morgan fingerprint density at radius 1 is 1.22 bits per heavy atom. The van der Waals surface area contributed by atoms with Gasteiger partial charge in [-0.2, -0.15) is 18.2 Å². The smallest absolute Gasteiger partial charge is 0.329 e. The molecule has 0 radical (unpaired) electrons. The van der Waals surface area contributed by atoms with Crippen LogP contribution in [0.25, 0.3) is 11.4 Å². The average molecular weight is 383 g/mol. The van der Waals surface area contributed by atoms with E-state index in [-0.39, 0.29) is 11.6 Å². The SMILES string of the molecule is CON(C(=O)/C=C/C(C)=O)C(C)c1ccc(-c2noc(C(F)(F)F)n2)cc1. The van der Waals surface area contributed by atoms with Gasteiger partial charge in [0.05, 0.1) is 13.2 Å². The summed E-state index contributed by atoms with van der Waals surface area (Å²) in [4.78, 5) is 31.4. The van der Waals surface area contributed by atoms with Crippen LogP contribution in [0.1, 0.15) is 31.3 Å². The molecule has 0 aliphatic heterocycles. The van der Waals surface area contributed by atoms with Crippen molar-refractivity contribution in [1.29, 1.82) is 0 Å². The second-order valence-electron chi connectivity index (χ2n) is 5.51. The number of benzene rings is 1. The molecule has 1 amide bonds. The molecule has 27 heavy (non-hydrogen) atoms. The highest BCUT2D eigenvalue weighted by Crippen LogP contribution is 2.30. The van der Waals surface area contributed by atoms with Gasteiger partial charge in [-0.05, 0) is 25.5 Å². The van der Waals surface area contributed by atoms with Crippen molar-refractivity contribution in [2.24, 2.45) is 0 Å². The van der Waals surface area contributed by atoms with Crippen LogP contribution in [0, 0.1) is 0 Å². The first-order chi connectivity index (χ1) is 12.6.